The first-order valence-corrected chi connectivity index (χ1v) is 6.27. The van der Waals surface area contributed by atoms with Crippen LogP contribution in [-0.4, -0.2) is 17.0 Å². The molecule has 17 heavy (non-hydrogen) atoms. The summed E-state index contributed by atoms with van der Waals surface area (Å²) in [4.78, 5) is 12.7. The molecule has 1 aromatic rings. The number of hydrogen-bond donors (Lipinski definition) is 3. The van der Waals surface area contributed by atoms with Crippen LogP contribution >= 0.6 is 22.9 Å². The molecule has 7 heteroatoms. The Morgan fingerprint density at radius 3 is 2.88 bits per heavy atom. The second-order valence-electron chi connectivity index (χ2n) is 3.41. The monoisotopic (exact) mass is 275 g/mol. The van der Waals surface area contributed by atoms with Gasteiger partial charge in [0.2, 0.25) is 5.91 Å². The summed E-state index contributed by atoms with van der Waals surface area (Å²) in [5.74, 6) is -0.933. The fourth-order valence-electron chi connectivity index (χ4n) is 1.34. The van der Waals surface area contributed by atoms with Gasteiger partial charge in [-0.25, -0.2) is 0 Å². The first-order chi connectivity index (χ1) is 8.08. The van der Waals surface area contributed by atoms with Crippen LogP contribution < -0.4 is 11.1 Å². The van der Waals surface area contributed by atoms with Crippen molar-refractivity contribution in [2.24, 2.45) is 16.8 Å². The number of thiophene rings is 1. The van der Waals surface area contributed by atoms with Crippen molar-refractivity contribution in [3.8, 4) is 0 Å². The number of rotatable bonds is 5. The molecule has 1 amide bonds. The Morgan fingerprint density at radius 2 is 2.41 bits per heavy atom. The quantitative estimate of drug-likeness (QED) is 0.331. The van der Waals surface area contributed by atoms with Crippen LogP contribution in [-0.2, 0) is 11.3 Å². The third kappa shape index (κ3) is 3.90. The van der Waals surface area contributed by atoms with Crippen molar-refractivity contribution in [1.82, 2.24) is 5.32 Å². The molecule has 1 rings (SSSR count). The molecular formula is C10H14ClN3O2S. The summed E-state index contributed by atoms with van der Waals surface area (Å²) < 4.78 is 0.678. The summed E-state index contributed by atoms with van der Waals surface area (Å²) in [5, 5.41) is 14.1. The van der Waals surface area contributed by atoms with Crippen LogP contribution in [0.2, 0.25) is 4.34 Å². The smallest absolute Gasteiger partial charge is 0.231 e. The maximum Gasteiger partial charge on any atom is 0.231 e. The van der Waals surface area contributed by atoms with E-state index in [1.165, 1.54) is 11.3 Å². The summed E-state index contributed by atoms with van der Waals surface area (Å²) in [6, 6.07) is 3.62. The Bertz CT molecular complexity index is 419. The van der Waals surface area contributed by atoms with E-state index < -0.39 is 5.92 Å². The van der Waals surface area contributed by atoms with Crippen molar-refractivity contribution in [2.45, 2.75) is 19.9 Å². The molecule has 0 radical (unpaired) electrons. The lowest BCUT2D eigenvalue weighted by atomic mass is 10.1. The van der Waals surface area contributed by atoms with E-state index in [4.69, 9.17) is 22.5 Å². The highest BCUT2D eigenvalue weighted by atomic mass is 35.5. The molecule has 1 heterocycles. The second kappa shape index (κ2) is 6.46. The molecule has 1 atom stereocenters. The molecule has 5 nitrogen and oxygen atoms in total. The van der Waals surface area contributed by atoms with Gasteiger partial charge in [-0.1, -0.05) is 23.7 Å². The molecule has 1 unspecified atom stereocenters. The maximum atomic E-state index is 11.7. The van der Waals surface area contributed by atoms with Crippen LogP contribution in [0.15, 0.2) is 17.3 Å². The second-order valence-corrected chi connectivity index (χ2v) is 5.21. The number of hydrogen-bond acceptors (Lipinski definition) is 4. The topological polar surface area (TPSA) is 87.7 Å². The summed E-state index contributed by atoms with van der Waals surface area (Å²) in [6.07, 6.45) is 0.479. The van der Waals surface area contributed by atoms with E-state index in [0.29, 0.717) is 17.3 Å². The van der Waals surface area contributed by atoms with Crippen LogP contribution in [0, 0.1) is 5.92 Å². The fraction of sp³-hybridized carbons (Fsp3) is 0.400. The Balaban J connectivity index is 2.54. The Morgan fingerprint density at radius 1 is 1.71 bits per heavy atom. The van der Waals surface area contributed by atoms with Crippen molar-refractivity contribution < 1.29 is 10.0 Å². The number of carbonyl (C=O) groups is 1. The van der Waals surface area contributed by atoms with Gasteiger partial charge in [-0.2, -0.15) is 0 Å². The number of halogens is 1. The Hall–Kier alpha value is -1.27. The van der Waals surface area contributed by atoms with Crippen molar-refractivity contribution in [2.75, 3.05) is 0 Å². The van der Waals surface area contributed by atoms with Crippen molar-refractivity contribution in [1.29, 1.82) is 0 Å². The van der Waals surface area contributed by atoms with Crippen LogP contribution in [0.5, 0.6) is 0 Å². The van der Waals surface area contributed by atoms with Crippen molar-refractivity contribution in [3.63, 3.8) is 0 Å². The molecule has 1 aromatic heterocycles. The number of amidine groups is 1. The molecule has 0 aliphatic heterocycles. The lowest BCUT2D eigenvalue weighted by molar-refractivity contribution is -0.123. The van der Waals surface area contributed by atoms with Gasteiger partial charge >= 0.3 is 0 Å². The number of nitrogens with two attached hydrogens (primary N) is 1. The third-order valence-corrected chi connectivity index (χ3v) is 3.49. The van der Waals surface area contributed by atoms with Crippen LogP contribution in [0.25, 0.3) is 0 Å². The molecule has 0 saturated carbocycles. The standard InChI is InChI=1S/C10H14ClN3O2S/c1-2-7(9(12)14-16)10(15)13-5-6-3-4-8(11)17-6/h3-4,7,16H,2,5H2,1H3,(H2,12,14)(H,13,15). The van der Waals surface area contributed by atoms with E-state index in [1.54, 1.807) is 13.0 Å². The van der Waals surface area contributed by atoms with Gasteiger partial charge in [0.25, 0.3) is 0 Å². The summed E-state index contributed by atoms with van der Waals surface area (Å²) in [5.41, 5.74) is 5.42. The molecule has 0 aromatic carbocycles. The van der Waals surface area contributed by atoms with Gasteiger partial charge in [0.05, 0.1) is 16.8 Å². The fourth-order valence-corrected chi connectivity index (χ4v) is 2.37. The number of nitrogens with zero attached hydrogens (tertiary/aromatic N) is 1. The first-order valence-electron chi connectivity index (χ1n) is 5.07. The average molecular weight is 276 g/mol. The van der Waals surface area contributed by atoms with Crippen molar-refractivity contribution in [3.05, 3.63) is 21.3 Å². The van der Waals surface area contributed by atoms with E-state index in [1.807, 2.05) is 6.07 Å². The zero-order chi connectivity index (χ0) is 12.8. The number of nitrogens with one attached hydrogen (secondary N) is 1. The molecule has 0 aliphatic rings. The normalized spacial score (nSPS) is 13.4. The number of oxime groups is 1. The average Bonchev–Trinajstić information content (AvgIpc) is 2.73. The van der Waals surface area contributed by atoms with E-state index in [-0.39, 0.29) is 11.7 Å². The zero-order valence-corrected chi connectivity index (χ0v) is 10.9. The highest BCUT2D eigenvalue weighted by Gasteiger charge is 2.20. The summed E-state index contributed by atoms with van der Waals surface area (Å²) in [6.45, 7) is 2.19. The molecule has 0 fully saturated rings. The molecule has 0 aliphatic carbocycles. The SMILES string of the molecule is CCC(C(=O)NCc1ccc(Cl)s1)C(N)=NO. The number of carbonyl (C=O) groups excluding carboxylic acids is 1. The van der Waals surface area contributed by atoms with Gasteiger partial charge in [0, 0.05) is 4.88 Å². The molecule has 0 spiro atoms. The van der Waals surface area contributed by atoms with Gasteiger partial charge < -0.3 is 16.3 Å². The van der Waals surface area contributed by atoms with E-state index in [9.17, 15) is 4.79 Å². The molecule has 0 bridgehead atoms. The molecule has 4 N–H and O–H groups in total. The van der Waals surface area contributed by atoms with E-state index in [2.05, 4.69) is 10.5 Å². The largest absolute Gasteiger partial charge is 0.409 e. The molecule has 94 valence electrons. The lowest BCUT2D eigenvalue weighted by Crippen LogP contribution is -2.38. The Kier molecular flexibility index (Phi) is 5.24. The molecular weight excluding hydrogens is 262 g/mol. The first kappa shape index (κ1) is 13.8. The lowest BCUT2D eigenvalue weighted by Gasteiger charge is -2.12. The van der Waals surface area contributed by atoms with Crippen LogP contribution in [0.3, 0.4) is 0 Å². The van der Waals surface area contributed by atoms with Crippen LogP contribution in [0.4, 0.5) is 0 Å². The minimum absolute atomic E-state index is 0.0748. The highest BCUT2D eigenvalue weighted by molar-refractivity contribution is 7.16. The van der Waals surface area contributed by atoms with Gasteiger partial charge in [0.15, 0.2) is 5.84 Å². The number of amides is 1. The highest BCUT2D eigenvalue weighted by Crippen LogP contribution is 2.21. The predicted octanol–water partition coefficient (Wildman–Crippen LogP) is 1.79. The van der Waals surface area contributed by atoms with Gasteiger partial charge in [-0.3, -0.25) is 4.79 Å². The predicted molar refractivity (Wildman–Crippen MR) is 68.4 cm³/mol. The van der Waals surface area contributed by atoms with E-state index in [0.717, 1.165) is 4.88 Å². The van der Waals surface area contributed by atoms with Gasteiger partial charge in [-0.15, -0.1) is 11.3 Å². The van der Waals surface area contributed by atoms with Crippen molar-refractivity contribution >= 4 is 34.7 Å². The minimum Gasteiger partial charge on any atom is -0.409 e. The Labute approximate surface area is 108 Å². The third-order valence-electron chi connectivity index (χ3n) is 2.26. The van der Waals surface area contributed by atoms with Crippen LogP contribution in [0.1, 0.15) is 18.2 Å². The maximum absolute atomic E-state index is 11.7. The van der Waals surface area contributed by atoms with Gasteiger partial charge in [0.1, 0.15) is 0 Å². The zero-order valence-electron chi connectivity index (χ0n) is 9.31. The van der Waals surface area contributed by atoms with E-state index >= 15 is 0 Å². The summed E-state index contributed by atoms with van der Waals surface area (Å²) >= 11 is 7.18. The molecule has 0 saturated heterocycles. The minimum atomic E-state index is -0.601. The summed E-state index contributed by atoms with van der Waals surface area (Å²) in [7, 11) is 0. The van der Waals surface area contributed by atoms with Gasteiger partial charge in [-0.05, 0) is 18.6 Å².